The molecule has 0 fully saturated rings. The molecule has 0 aliphatic heterocycles. The van der Waals surface area contributed by atoms with Crippen LogP contribution in [-0.4, -0.2) is 36.4 Å². The standard InChI is InChI=1S/C29H32O5.H3N.11H2/c1-3-5-7-9-11-13-14-16-17-19-21-23-28(31)33-26-27(25-30)34-29(32)24-22-20-18-15-12-10-8-6-4-2;;;;;;;;;;;;/h27,30H,4,6,8,10,12,15,18,20,22,24-26H2,1-2H3;1H3;11*1H/t27-;;;;;;;;;;;;/m0............/s1. The van der Waals surface area contributed by atoms with Gasteiger partial charge >= 0.3 is 11.9 Å². The van der Waals surface area contributed by atoms with Gasteiger partial charge in [0.05, 0.1) is 6.61 Å². The molecule has 0 aromatic carbocycles. The number of aliphatic hydroxyl groups excluding tert-OH is 1. The molecule has 6 heteroatoms. The van der Waals surface area contributed by atoms with Gasteiger partial charge in [-0.1, -0.05) is 64.2 Å². The number of aliphatic hydroxyl groups is 1. The maximum absolute atomic E-state index is 11.9. The summed E-state index contributed by atoms with van der Waals surface area (Å²) < 4.78 is 10.0. The highest BCUT2D eigenvalue weighted by molar-refractivity contribution is 5.89. The van der Waals surface area contributed by atoms with Crippen molar-refractivity contribution < 1.29 is 39.9 Å². The van der Waals surface area contributed by atoms with Gasteiger partial charge in [0.15, 0.2) is 6.10 Å². The smallest absolute Gasteiger partial charge is 0.385 e. The first-order valence-corrected chi connectivity index (χ1v) is 11.5. The van der Waals surface area contributed by atoms with Crippen molar-refractivity contribution in [1.29, 1.82) is 0 Å². The summed E-state index contributed by atoms with van der Waals surface area (Å²) in [6, 6.07) is 0. The fraction of sp³-hybridized carbons (Fsp3) is 0.517. The molecule has 4 N–H and O–H groups in total. The van der Waals surface area contributed by atoms with Crippen LogP contribution in [0.4, 0.5) is 0 Å². The molecule has 0 bridgehead atoms. The predicted molar refractivity (Wildman–Crippen MR) is 160 cm³/mol. The normalized spacial score (nSPS) is 8.89. The van der Waals surface area contributed by atoms with Gasteiger partial charge in [0.1, 0.15) is 6.61 Å². The van der Waals surface area contributed by atoms with E-state index >= 15 is 0 Å². The number of rotatable bonds is 14. The van der Waals surface area contributed by atoms with E-state index in [2.05, 4.69) is 78.0 Å². The van der Waals surface area contributed by atoms with E-state index < -0.39 is 24.6 Å². The number of hydrogen-bond donors (Lipinski definition) is 2. The monoisotopic (exact) mass is 499 g/mol. The Bertz CT molecular complexity index is 1030. The average Bonchev–Trinajstić information content (AvgIpc) is 2.84. The van der Waals surface area contributed by atoms with Gasteiger partial charge in [0.2, 0.25) is 0 Å². The minimum absolute atomic E-state index is 0. The second-order valence-corrected chi connectivity index (χ2v) is 7.10. The van der Waals surface area contributed by atoms with Crippen LogP contribution in [0.15, 0.2) is 0 Å². The molecule has 0 aromatic rings. The minimum Gasteiger partial charge on any atom is -0.456 e. The molecule has 0 saturated heterocycles. The fourth-order valence-corrected chi connectivity index (χ4v) is 2.55. The highest BCUT2D eigenvalue weighted by Gasteiger charge is 2.15. The molecule has 0 unspecified atom stereocenters. The van der Waals surface area contributed by atoms with Crippen molar-refractivity contribution in [3.63, 3.8) is 0 Å². The molecule has 0 aliphatic rings. The Balaban J connectivity index is -0.0000000825. The lowest BCUT2D eigenvalue weighted by atomic mass is 10.1. The Labute approximate surface area is 227 Å². The molecule has 0 spiro atoms. The predicted octanol–water partition coefficient (Wildman–Crippen LogP) is 6.26. The minimum atomic E-state index is -0.918. The Morgan fingerprint density at radius 3 is 1.77 bits per heavy atom. The number of carbonyl (C=O) groups excluding carboxylic acids is 2. The topological polar surface area (TPSA) is 108 Å². The van der Waals surface area contributed by atoms with Crippen LogP contribution in [0.5, 0.6) is 0 Å². The lowest BCUT2D eigenvalue weighted by molar-refractivity contribution is -0.159. The molecular formula is C29H57NO5. The Hall–Kier alpha value is -3.78. The number of esters is 2. The van der Waals surface area contributed by atoms with Crippen LogP contribution in [0.2, 0.25) is 0 Å². The lowest BCUT2D eigenvalue weighted by Gasteiger charge is -2.14. The van der Waals surface area contributed by atoms with E-state index in [9.17, 15) is 14.7 Å². The van der Waals surface area contributed by atoms with Crippen molar-refractivity contribution in [2.24, 2.45) is 0 Å². The fourth-order valence-electron chi connectivity index (χ4n) is 2.55. The maximum Gasteiger partial charge on any atom is 0.385 e. The number of hydrogen-bond acceptors (Lipinski definition) is 6. The van der Waals surface area contributed by atoms with Gasteiger partial charge in [0.25, 0.3) is 0 Å². The zero-order valence-electron chi connectivity index (χ0n) is 20.8. The summed E-state index contributed by atoms with van der Waals surface area (Å²) in [7, 11) is 0. The van der Waals surface area contributed by atoms with Gasteiger partial charge in [-0.15, -0.1) is 0 Å². The molecule has 6 nitrogen and oxygen atoms in total. The van der Waals surface area contributed by atoms with E-state index in [1.807, 2.05) is 0 Å². The SMILES string of the molecule is CC#CC#CC#CC#CC#CC#CC(=O)OC[C@H](CO)OC(=O)CCCCCCCCCCC.N.[HH].[HH].[HH].[HH].[HH].[HH].[HH].[HH].[HH].[HH].[HH]. The summed E-state index contributed by atoms with van der Waals surface area (Å²) in [5.74, 6) is 28.0. The number of unbranched alkanes of at least 4 members (excludes halogenated alkanes) is 8. The van der Waals surface area contributed by atoms with Crippen LogP contribution in [0, 0.1) is 71.0 Å². The van der Waals surface area contributed by atoms with Crippen LogP contribution in [0.1, 0.15) is 93.7 Å². The van der Waals surface area contributed by atoms with Gasteiger partial charge in [0, 0.05) is 28.0 Å². The summed E-state index contributed by atoms with van der Waals surface area (Å²) in [5.41, 5.74) is 0. The summed E-state index contributed by atoms with van der Waals surface area (Å²) in [6.45, 7) is 3.15. The van der Waals surface area contributed by atoms with Crippen LogP contribution >= 0.6 is 0 Å². The van der Waals surface area contributed by atoms with Gasteiger partial charge < -0.3 is 20.7 Å². The molecule has 0 rings (SSSR count). The Kier molecular flexibility index (Phi) is 25.3. The molecule has 35 heavy (non-hydrogen) atoms. The molecule has 0 radical (unpaired) electrons. The number of carbonyl (C=O) groups is 2. The van der Waals surface area contributed by atoms with Crippen LogP contribution in [0.3, 0.4) is 0 Å². The van der Waals surface area contributed by atoms with E-state index in [0.29, 0.717) is 0 Å². The van der Waals surface area contributed by atoms with Crippen molar-refractivity contribution in [3.8, 4) is 71.0 Å². The third kappa shape index (κ3) is 24.7. The molecule has 0 aromatic heterocycles. The van der Waals surface area contributed by atoms with Gasteiger partial charge in [-0.3, -0.25) is 4.79 Å². The molecule has 0 saturated carbocycles. The quantitative estimate of drug-likeness (QED) is 0.126. The zero-order chi connectivity index (χ0) is 25.1. The lowest BCUT2D eigenvalue weighted by Crippen LogP contribution is -2.28. The van der Waals surface area contributed by atoms with Crippen molar-refractivity contribution in [1.82, 2.24) is 6.15 Å². The molecule has 208 valence electrons. The van der Waals surface area contributed by atoms with Crippen molar-refractivity contribution >= 4 is 11.9 Å². The summed E-state index contributed by atoms with van der Waals surface area (Å²) in [5, 5.41) is 9.33. The van der Waals surface area contributed by atoms with E-state index in [4.69, 9.17) is 9.47 Å². The van der Waals surface area contributed by atoms with Crippen LogP contribution in [0.25, 0.3) is 0 Å². The Morgan fingerprint density at radius 2 is 1.26 bits per heavy atom. The molecule has 0 amide bonds. The molecule has 0 aliphatic carbocycles. The van der Waals surface area contributed by atoms with Crippen molar-refractivity contribution in [3.05, 3.63) is 0 Å². The summed E-state index contributed by atoms with van der Waals surface area (Å²) >= 11 is 0. The molecule has 0 heterocycles. The maximum atomic E-state index is 11.9. The van der Waals surface area contributed by atoms with Gasteiger partial charge in [-0.05, 0) is 72.5 Å². The number of ether oxygens (including phenoxy) is 2. The van der Waals surface area contributed by atoms with E-state index in [1.54, 1.807) is 6.92 Å². The summed E-state index contributed by atoms with van der Waals surface area (Å²) in [4.78, 5) is 23.5. The van der Waals surface area contributed by atoms with Crippen molar-refractivity contribution in [2.45, 2.75) is 84.2 Å². The first kappa shape index (κ1) is 33.4. The highest BCUT2D eigenvalue weighted by Crippen LogP contribution is 2.11. The highest BCUT2D eigenvalue weighted by atomic mass is 16.6. The third-order valence-corrected chi connectivity index (χ3v) is 4.24. The average molecular weight is 500 g/mol. The van der Waals surface area contributed by atoms with Gasteiger partial charge in [-0.25, -0.2) is 4.79 Å². The van der Waals surface area contributed by atoms with E-state index in [-0.39, 0.29) is 34.9 Å². The van der Waals surface area contributed by atoms with Crippen LogP contribution in [-0.2, 0) is 19.1 Å². The second kappa shape index (κ2) is 26.5. The molecule has 1 atom stereocenters. The van der Waals surface area contributed by atoms with E-state index in [1.165, 1.54) is 38.5 Å². The van der Waals surface area contributed by atoms with Crippen LogP contribution < -0.4 is 6.15 Å². The van der Waals surface area contributed by atoms with E-state index in [0.717, 1.165) is 19.3 Å². The largest absolute Gasteiger partial charge is 0.456 e. The molecular weight excluding hydrogens is 442 g/mol. The first-order chi connectivity index (χ1) is 16.6. The Morgan fingerprint density at radius 1 is 0.771 bits per heavy atom. The zero-order valence-corrected chi connectivity index (χ0v) is 20.8. The third-order valence-electron chi connectivity index (χ3n) is 4.24. The summed E-state index contributed by atoms with van der Waals surface area (Å²) in [6.07, 6.45) is 9.72. The van der Waals surface area contributed by atoms with Crippen molar-refractivity contribution in [2.75, 3.05) is 13.2 Å². The second-order valence-electron chi connectivity index (χ2n) is 7.10. The first-order valence-electron chi connectivity index (χ1n) is 11.5. The van der Waals surface area contributed by atoms with Gasteiger partial charge in [-0.2, -0.15) is 0 Å².